The number of rotatable bonds is 4. The summed E-state index contributed by atoms with van der Waals surface area (Å²) >= 11 is 0. The molecule has 0 spiro atoms. The molecule has 1 aromatic rings. The predicted molar refractivity (Wildman–Crippen MR) is 71.0 cm³/mol. The van der Waals surface area contributed by atoms with E-state index in [0.29, 0.717) is 17.8 Å². The van der Waals surface area contributed by atoms with E-state index in [-0.39, 0.29) is 18.9 Å². The van der Waals surface area contributed by atoms with Gasteiger partial charge in [-0.25, -0.2) is 0 Å². The number of alkyl halides is 3. The first-order chi connectivity index (χ1) is 9.47. The molecule has 1 aromatic carbocycles. The number of benzene rings is 1. The highest BCUT2D eigenvalue weighted by Gasteiger charge is 2.26. The van der Waals surface area contributed by atoms with Crippen LogP contribution in [0, 0.1) is 0 Å². The van der Waals surface area contributed by atoms with Gasteiger partial charge in [0, 0.05) is 26.1 Å². The van der Waals surface area contributed by atoms with Gasteiger partial charge in [0.05, 0.1) is 16.9 Å². The highest BCUT2D eigenvalue weighted by Crippen LogP contribution is 2.28. The fourth-order valence-electron chi connectivity index (χ4n) is 2.05. The first-order valence-electron chi connectivity index (χ1n) is 6.43. The minimum Gasteiger partial charge on any atom is -0.382 e. The maximum absolute atomic E-state index is 12.0. The molecule has 0 aliphatic carbocycles. The molecular weight excluding hydrogens is 271 g/mol. The van der Waals surface area contributed by atoms with Gasteiger partial charge in [-0.05, 0) is 18.6 Å². The van der Waals surface area contributed by atoms with Crippen LogP contribution in [-0.4, -0.2) is 31.7 Å². The number of fused-ring (bicyclic) bond motifs is 1. The summed E-state index contributed by atoms with van der Waals surface area (Å²) in [6.07, 6.45) is -5.18. The van der Waals surface area contributed by atoms with Crippen LogP contribution in [0.5, 0.6) is 0 Å². The van der Waals surface area contributed by atoms with Gasteiger partial charge in [0.15, 0.2) is 0 Å². The monoisotopic (exact) mass is 287 g/mol. The second kappa shape index (κ2) is 6.02. The number of hydrogen-bond donors (Lipinski definition) is 3. The second-order valence-corrected chi connectivity index (χ2v) is 4.56. The summed E-state index contributed by atoms with van der Waals surface area (Å²) in [4.78, 5) is 12.0. The van der Waals surface area contributed by atoms with Crippen LogP contribution in [0.1, 0.15) is 23.2 Å². The van der Waals surface area contributed by atoms with Crippen LogP contribution in [0.15, 0.2) is 18.2 Å². The summed E-state index contributed by atoms with van der Waals surface area (Å²) < 4.78 is 36.0. The van der Waals surface area contributed by atoms with E-state index in [1.807, 2.05) is 6.07 Å². The summed E-state index contributed by atoms with van der Waals surface area (Å²) in [6, 6.07) is 5.24. The Balaban J connectivity index is 1.93. The highest BCUT2D eigenvalue weighted by molar-refractivity contribution is 6.02. The second-order valence-electron chi connectivity index (χ2n) is 4.56. The highest BCUT2D eigenvalue weighted by atomic mass is 19.4. The molecular formula is C13H16F3N3O. The normalized spacial score (nSPS) is 13.9. The molecule has 0 atom stereocenters. The van der Waals surface area contributed by atoms with Crippen LogP contribution in [0.4, 0.5) is 24.5 Å². The summed E-state index contributed by atoms with van der Waals surface area (Å²) in [6.45, 7) is 1.48. The lowest BCUT2D eigenvalue weighted by Gasteiger charge is -2.22. The number of carbonyl (C=O) groups excluding carboxylic acids is 1. The smallest absolute Gasteiger partial charge is 0.382 e. The summed E-state index contributed by atoms with van der Waals surface area (Å²) in [5.41, 5.74) is 1.98. The van der Waals surface area contributed by atoms with Gasteiger partial charge in [0.25, 0.3) is 5.91 Å². The van der Waals surface area contributed by atoms with Crippen molar-refractivity contribution in [3.63, 3.8) is 0 Å². The first kappa shape index (κ1) is 14.5. The van der Waals surface area contributed by atoms with E-state index in [1.165, 1.54) is 0 Å². The lowest BCUT2D eigenvalue weighted by molar-refractivity contribution is -0.135. The van der Waals surface area contributed by atoms with Crippen molar-refractivity contribution in [3.05, 3.63) is 23.8 Å². The molecule has 7 heteroatoms. The van der Waals surface area contributed by atoms with Gasteiger partial charge in [-0.15, -0.1) is 0 Å². The standard InChI is InChI=1S/C13H16F3N3O/c14-13(15,16)5-2-6-19-12(20)9-3-1-4-10-11(9)18-8-7-17-10/h1,3-4,17-18H,2,5-8H2,(H,19,20). The Hall–Kier alpha value is -1.92. The zero-order chi connectivity index (χ0) is 14.6. The topological polar surface area (TPSA) is 53.2 Å². The number of carbonyl (C=O) groups is 1. The summed E-state index contributed by atoms with van der Waals surface area (Å²) in [5.74, 6) is -0.361. The summed E-state index contributed by atoms with van der Waals surface area (Å²) in [7, 11) is 0. The molecule has 2 rings (SSSR count). The molecule has 0 unspecified atom stereocenters. The SMILES string of the molecule is O=C(NCCCC(F)(F)F)c1cccc2c1NCCN2. The maximum atomic E-state index is 12.0. The van der Waals surface area contributed by atoms with E-state index in [9.17, 15) is 18.0 Å². The molecule has 1 amide bonds. The molecule has 0 radical (unpaired) electrons. The Morgan fingerprint density at radius 1 is 1.25 bits per heavy atom. The van der Waals surface area contributed by atoms with E-state index >= 15 is 0 Å². The first-order valence-corrected chi connectivity index (χ1v) is 6.43. The lowest BCUT2D eigenvalue weighted by Crippen LogP contribution is -2.28. The molecule has 0 saturated heterocycles. The van der Waals surface area contributed by atoms with Gasteiger partial charge in [-0.1, -0.05) is 6.07 Å². The zero-order valence-electron chi connectivity index (χ0n) is 10.8. The fraction of sp³-hybridized carbons (Fsp3) is 0.462. The molecule has 20 heavy (non-hydrogen) atoms. The molecule has 3 N–H and O–H groups in total. The van der Waals surface area contributed by atoms with Crippen molar-refractivity contribution < 1.29 is 18.0 Å². The Bertz CT molecular complexity index is 488. The van der Waals surface area contributed by atoms with Crippen LogP contribution in [0.2, 0.25) is 0 Å². The van der Waals surface area contributed by atoms with Gasteiger partial charge in [-0.2, -0.15) is 13.2 Å². The largest absolute Gasteiger partial charge is 0.389 e. The molecule has 0 saturated carbocycles. The number of halogens is 3. The molecule has 1 heterocycles. The minimum atomic E-state index is -4.18. The third-order valence-corrected chi connectivity index (χ3v) is 2.97. The molecule has 110 valence electrons. The number of hydrogen-bond acceptors (Lipinski definition) is 3. The van der Waals surface area contributed by atoms with E-state index in [1.54, 1.807) is 12.1 Å². The Kier molecular flexibility index (Phi) is 4.36. The van der Waals surface area contributed by atoms with E-state index in [4.69, 9.17) is 0 Å². The fourth-order valence-corrected chi connectivity index (χ4v) is 2.05. The van der Waals surface area contributed by atoms with Crippen molar-refractivity contribution in [1.29, 1.82) is 0 Å². The number of amides is 1. The quantitative estimate of drug-likeness (QED) is 0.746. The van der Waals surface area contributed by atoms with Crippen molar-refractivity contribution in [2.24, 2.45) is 0 Å². The third-order valence-electron chi connectivity index (χ3n) is 2.97. The van der Waals surface area contributed by atoms with Gasteiger partial charge < -0.3 is 16.0 Å². The zero-order valence-corrected chi connectivity index (χ0v) is 10.8. The van der Waals surface area contributed by atoms with Gasteiger partial charge in [-0.3, -0.25) is 4.79 Å². The summed E-state index contributed by atoms with van der Waals surface area (Å²) in [5, 5.41) is 8.79. The van der Waals surface area contributed by atoms with Gasteiger partial charge in [0.2, 0.25) is 0 Å². The van der Waals surface area contributed by atoms with Crippen molar-refractivity contribution in [2.75, 3.05) is 30.3 Å². The van der Waals surface area contributed by atoms with Gasteiger partial charge >= 0.3 is 6.18 Å². The van der Waals surface area contributed by atoms with Crippen LogP contribution in [0.3, 0.4) is 0 Å². The van der Waals surface area contributed by atoms with Crippen LogP contribution >= 0.6 is 0 Å². The Morgan fingerprint density at radius 2 is 2.00 bits per heavy atom. The van der Waals surface area contributed by atoms with Crippen molar-refractivity contribution in [1.82, 2.24) is 5.32 Å². The van der Waals surface area contributed by atoms with E-state index in [0.717, 1.165) is 12.2 Å². The molecule has 1 aliphatic rings. The van der Waals surface area contributed by atoms with Crippen molar-refractivity contribution in [3.8, 4) is 0 Å². The number of nitrogens with one attached hydrogen (secondary N) is 3. The van der Waals surface area contributed by atoms with Crippen LogP contribution < -0.4 is 16.0 Å². The maximum Gasteiger partial charge on any atom is 0.389 e. The van der Waals surface area contributed by atoms with E-state index in [2.05, 4.69) is 16.0 Å². The average Bonchev–Trinajstić information content (AvgIpc) is 2.41. The molecule has 4 nitrogen and oxygen atoms in total. The average molecular weight is 287 g/mol. The Labute approximate surface area is 114 Å². The van der Waals surface area contributed by atoms with Crippen LogP contribution in [-0.2, 0) is 0 Å². The predicted octanol–water partition coefficient (Wildman–Crippen LogP) is 2.60. The molecule has 0 aromatic heterocycles. The minimum absolute atomic E-state index is 0.00936. The third kappa shape index (κ3) is 3.79. The Morgan fingerprint density at radius 3 is 2.75 bits per heavy atom. The number of para-hydroxylation sites is 1. The number of anilines is 2. The lowest BCUT2D eigenvalue weighted by atomic mass is 10.1. The van der Waals surface area contributed by atoms with Crippen molar-refractivity contribution in [2.45, 2.75) is 19.0 Å². The van der Waals surface area contributed by atoms with Crippen LogP contribution in [0.25, 0.3) is 0 Å². The molecule has 0 bridgehead atoms. The van der Waals surface area contributed by atoms with E-state index < -0.39 is 12.6 Å². The molecule has 1 aliphatic heterocycles. The van der Waals surface area contributed by atoms with Gasteiger partial charge in [0.1, 0.15) is 0 Å². The van der Waals surface area contributed by atoms with Crippen molar-refractivity contribution >= 4 is 17.3 Å². The molecule has 0 fully saturated rings.